The van der Waals surface area contributed by atoms with Gasteiger partial charge < -0.3 is 14.2 Å². The van der Waals surface area contributed by atoms with Crippen molar-refractivity contribution >= 4 is 5.91 Å². The van der Waals surface area contributed by atoms with Crippen molar-refractivity contribution in [2.24, 2.45) is 0 Å². The Hall–Kier alpha value is -2.21. The summed E-state index contributed by atoms with van der Waals surface area (Å²) >= 11 is 0. The summed E-state index contributed by atoms with van der Waals surface area (Å²) in [6.45, 7) is 6.26. The lowest BCUT2D eigenvalue weighted by atomic mass is 9.96. The Labute approximate surface area is 141 Å². The fraction of sp³-hybridized carbons (Fsp3) is 0.500. The van der Waals surface area contributed by atoms with E-state index < -0.39 is 0 Å². The molecule has 1 aromatic heterocycles. The number of hydrogen-bond donors (Lipinski definition) is 0. The van der Waals surface area contributed by atoms with E-state index in [1.165, 1.54) is 0 Å². The number of rotatable bonds is 5. The summed E-state index contributed by atoms with van der Waals surface area (Å²) < 4.78 is 10.5. The average molecular weight is 329 g/mol. The van der Waals surface area contributed by atoms with Crippen molar-refractivity contribution in [3.8, 4) is 0 Å². The number of benzene rings is 1. The molecule has 2 heterocycles. The molecule has 1 amide bonds. The van der Waals surface area contributed by atoms with Crippen molar-refractivity contribution in [2.75, 3.05) is 19.7 Å². The van der Waals surface area contributed by atoms with Crippen LogP contribution < -0.4 is 0 Å². The van der Waals surface area contributed by atoms with Gasteiger partial charge in [0.15, 0.2) is 5.82 Å². The number of ether oxygens (including phenoxy) is 1. The van der Waals surface area contributed by atoms with E-state index in [9.17, 15) is 4.79 Å². The molecule has 2 aromatic rings. The first-order chi connectivity index (χ1) is 11.7. The van der Waals surface area contributed by atoms with Crippen molar-refractivity contribution < 1.29 is 14.1 Å². The predicted octanol–water partition coefficient (Wildman–Crippen LogP) is 2.93. The zero-order valence-corrected chi connectivity index (χ0v) is 14.2. The summed E-state index contributed by atoms with van der Waals surface area (Å²) in [7, 11) is 0. The maximum Gasteiger partial charge on any atom is 0.253 e. The molecule has 3 rings (SSSR count). The Bertz CT molecular complexity index is 698. The van der Waals surface area contributed by atoms with E-state index >= 15 is 0 Å². The van der Waals surface area contributed by atoms with E-state index in [0.29, 0.717) is 31.5 Å². The molecule has 1 aliphatic heterocycles. The predicted molar refractivity (Wildman–Crippen MR) is 88.7 cm³/mol. The highest BCUT2D eigenvalue weighted by Gasteiger charge is 2.28. The molecule has 0 bridgehead atoms. The number of piperidine rings is 1. The number of amides is 1. The number of nitrogens with zero attached hydrogens (tertiary/aromatic N) is 3. The second-order valence-corrected chi connectivity index (χ2v) is 6.14. The van der Waals surface area contributed by atoms with E-state index in [-0.39, 0.29) is 11.8 Å². The van der Waals surface area contributed by atoms with E-state index in [0.717, 1.165) is 30.5 Å². The molecule has 1 fully saturated rings. The number of carbonyl (C=O) groups excluding carboxylic acids is 1. The normalized spacial score (nSPS) is 17.9. The lowest BCUT2D eigenvalue weighted by molar-refractivity contribution is 0.0703. The number of aromatic nitrogens is 2. The van der Waals surface area contributed by atoms with Crippen LogP contribution in [0.2, 0.25) is 0 Å². The Kier molecular flexibility index (Phi) is 5.25. The van der Waals surface area contributed by atoms with Gasteiger partial charge in [0.05, 0.1) is 0 Å². The smallest absolute Gasteiger partial charge is 0.253 e. The standard InChI is InChI=1S/C18H23N3O3/c1-3-23-12-16-19-17(20-24-16)15-8-5-9-21(11-15)18(22)14-7-4-6-13(2)10-14/h4,6-7,10,15H,3,5,8-9,11-12H2,1-2H3. The second-order valence-electron chi connectivity index (χ2n) is 6.14. The Balaban J connectivity index is 1.67. The number of hydrogen-bond acceptors (Lipinski definition) is 5. The molecule has 0 N–H and O–H groups in total. The van der Waals surface area contributed by atoms with Gasteiger partial charge in [-0.1, -0.05) is 22.9 Å². The van der Waals surface area contributed by atoms with Crippen LogP contribution in [-0.2, 0) is 11.3 Å². The molecule has 1 aromatic carbocycles. The fourth-order valence-corrected chi connectivity index (χ4v) is 3.01. The summed E-state index contributed by atoms with van der Waals surface area (Å²) in [4.78, 5) is 19.0. The molecule has 6 nitrogen and oxygen atoms in total. The van der Waals surface area contributed by atoms with Gasteiger partial charge in [0.1, 0.15) is 6.61 Å². The SMILES string of the molecule is CCOCc1nc(C2CCCN(C(=O)c3cccc(C)c3)C2)no1. The first-order valence-corrected chi connectivity index (χ1v) is 8.43. The van der Waals surface area contributed by atoms with Gasteiger partial charge in [0.2, 0.25) is 0 Å². The van der Waals surface area contributed by atoms with Crippen LogP contribution in [0.25, 0.3) is 0 Å². The monoisotopic (exact) mass is 329 g/mol. The zero-order valence-electron chi connectivity index (χ0n) is 14.2. The van der Waals surface area contributed by atoms with E-state index in [1.807, 2.05) is 43.0 Å². The Morgan fingerprint density at radius 1 is 1.46 bits per heavy atom. The van der Waals surface area contributed by atoms with E-state index in [4.69, 9.17) is 9.26 Å². The zero-order chi connectivity index (χ0) is 16.9. The van der Waals surface area contributed by atoms with Crippen molar-refractivity contribution in [2.45, 2.75) is 39.2 Å². The largest absolute Gasteiger partial charge is 0.372 e. The number of aryl methyl sites for hydroxylation is 1. The third kappa shape index (κ3) is 3.82. The lowest BCUT2D eigenvalue weighted by Gasteiger charge is -2.31. The quantitative estimate of drug-likeness (QED) is 0.843. The second kappa shape index (κ2) is 7.57. The summed E-state index contributed by atoms with van der Waals surface area (Å²) in [5.74, 6) is 1.36. The van der Waals surface area contributed by atoms with Crippen LogP contribution in [-0.4, -0.2) is 40.6 Å². The summed E-state index contributed by atoms with van der Waals surface area (Å²) in [5.41, 5.74) is 1.83. The molecule has 128 valence electrons. The van der Waals surface area contributed by atoms with Crippen molar-refractivity contribution in [1.29, 1.82) is 0 Å². The van der Waals surface area contributed by atoms with Crippen LogP contribution in [0.5, 0.6) is 0 Å². The molecule has 1 unspecified atom stereocenters. The topological polar surface area (TPSA) is 68.5 Å². The molecule has 24 heavy (non-hydrogen) atoms. The van der Waals surface area contributed by atoms with Crippen molar-refractivity contribution in [1.82, 2.24) is 15.0 Å². The van der Waals surface area contributed by atoms with Gasteiger partial charge in [-0.05, 0) is 38.8 Å². The van der Waals surface area contributed by atoms with Crippen LogP contribution in [0.3, 0.4) is 0 Å². The third-order valence-corrected chi connectivity index (χ3v) is 4.25. The van der Waals surface area contributed by atoms with Crippen LogP contribution in [0.1, 0.15) is 53.3 Å². The maximum absolute atomic E-state index is 12.7. The molecule has 1 aliphatic rings. The van der Waals surface area contributed by atoms with Gasteiger partial charge in [0.25, 0.3) is 11.8 Å². The highest BCUT2D eigenvalue weighted by atomic mass is 16.5. The lowest BCUT2D eigenvalue weighted by Crippen LogP contribution is -2.39. The minimum Gasteiger partial charge on any atom is -0.372 e. The minimum absolute atomic E-state index is 0.0708. The molecule has 0 aliphatic carbocycles. The van der Waals surface area contributed by atoms with Gasteiger partial charge in [-0.3, -0.25) is 4.79 Å². The van der Waals surface area contributed by atoms with Crippen molar-refractivity contribution in [3.05, 3.63) is 47.1 Å². The van der Waals surface area contributed by atoms with Crippen molar-refractivity contribution in [3.63, 3.8) is 0 Å². The number of likely N-dealkylation sites (tertiary alicyclic amines) is 1. The molecule has 1 atom stereocenters. The first kappa shape index (κ1) is 16.6. The molecule has 1 saturated heterocycles. The highest BCUT2D eigenvalue weighted by molar-refractivity contribution is 5.94. The van der Waals surface area contributed by atoms with E-state index in [2.05, 4.69) is 10.1 Å². The van der Waals surface area contributed by atoms with E-state index in [1.54, 1.807) is 0 Å². The highest BCUT2D eigenvalue weighted by Crippen LogP contribution is 2.26. The van der Waals surface area contributed by atoms with Crippen LogP contribution in [0, 0.1) is 6.92 Å². The minimum atomic E-state index is 0.0708. The Morgan fingerprint density at radius 3 is 3.12 bits per heavy atom. The van der Waals surface area contributed by atoms with Gasteiger partial charge in [-0.25, -0.2) is 0 Å². The summed E-state index contributed by atoms with van der Waals surface area (Å²) in [6.07, 6.45) is 1.91. The molecular weight excluding hydrogens is 306 g/mol. The molecule has 0 saturated carbocycles. The van der Waals surface area contributed by atoms with Gasteiger partial charge >= 0.3 is 0 Å². The van der Waals surface area contributed by atoms with Gasteiger partial charge in [-0.2, -0.15) is 4.98 Å². The summed E-state index contributed by atoms with van der Waals surface area (Å²) in [6, 6.07) is 7.71. The van der Waals surface area contributed by atoms with Crippen LogP contribution in [0.4, 0.5) is 0 Å². The number of carbonyl (C=O) groups is 1. The summed E-state index contributed by atoms with van der Waals surface area (Å²) in [5, 5.41) is 4.07. The average Bonchev–Trinajstić information content (AvgIpc) is 3.08. The van der Waals surface area contributed by atoms with Crippen LogP contribution in [0.15, 0.2) is 28.8 Å². The van der Waals surface area contributed by atoms with Gasteiger partial charge in [-0.15, -0.1) is 0 Å². The fourth-order valence-electron chi connectivity index (χ4n) is 3.01. The molecular formula is C18H23N3O3. The van der Waals surface area contributed by atoms with Crippen LogP contribution >= 0.6 is 0 Å². The van der Waals surface area contributed by atoms with Gasteiger partial charge in [0, 0.05) is 31.2 Å². The molecule has 0 radical (unpaired) electrons. The molecule has 6 heteroatoms. The molecule has 0 spiro atoms. The Morgan fingerprint density at radius 2 is 2.33 bits per heavy atom. The first-order valence-electron chi connectivity index (χ1n) is 8.43. The third-order valence-electron chi connectivity index (χ3n) is 4.25. The maximum atomic E-state index is 12.7.